The van der Waals surface area contributed by atoms with Gasteiger partial charge in [0.25, 0.3) is 0 Å². The lowest BCUT2D eigenvalue weighted by atomic mass is 9.99. The summed E-state index contributed by atoms with van der Waals surface area (Å²) in [6.45, 7) is 0. The highest BCUT2D eigenvalue weighted by Gasteiger charge is 2.48. The van der Waals surface area contributed by atoms with Crippen molar-refractivity contribution in [1.29, 1.82) is 0 Å². The Morgan fingerprint density at radius 2 is 1.65 bits per heavy atom. The van der Waals surface area contributed by atoms with Crippen molar-refractivity contribution in [3.63, 3.8) is 0 Å². The maximum atomic E-state index is 11.1. The van der Waals surface area contributed by atoms with Crippen LogP contribution in [0.2, 0.25) is 0 Å². The number of carboxylic acid groups (broad SMARTS) is 1. The summed E-state index contributed by atoms with van der Waals surface area (Å²) in [6, 6.07) is 4.70. The van der Waals surface area contributed by atoms with Crippen LogP contribution in [0.1, 0.15) is 0 Å². The molecule has 0 aromatic heterocycles. The Morgan fingerprint density at radius 3 is 2.13 bits per heavy atom. The number of ether oxygens (including phenoxy) is 2. The van der Waals surface area contributed by atoms with Gasteiger partial charge in [0.1, 0.15) is 24.1 Å². The molecule has 5 atom stereocenters. The Bertz CT molecular complexity index is 674. The van der Waals surface area contributed by atoms with Crippen molar-refractivity contribution < 1.29 is 43.1 Å². The van der Waals surface area contributed by atoms with Crippen LogP contribution in [0.4, 0.5) is 0 Å². The molecule has 6 N–H and O–H groups in total. The third kappa shape index (κ3) is 3.77. The highest BCUT2D eigenvalue weighted by atomic mass is 32.2. The van der Waals surface area contributed by atoms with Crippen LogP contribution in [-0.4, -0.2) is 65.5 Å². The molecule has 1 aliphatic heterocycles. The van der Waals surface area contributed by atoms with Crippen LogP contribution in [0.15, 0.2) is 29.2 Å². The summed E-state index contributed by atoms with van der Waals surface area (Å²) in [5, 5.41) is 42.8. The normalized spacial score (nSPS) is 31.6. The van der Waals surface area contributed by atoms with Crippen LogP contribution in [0.3, 0.4) is 0 Å². The molecule has 0 unspecified atom stereocenters. The minimum atomic E-state index is -3.89. The van der Waals surface area contributed by atoms with Crippen molar-refractivity contribution in [1.82, 2.24) is 0 Å². The monoisotopic (exact) mass is 349 g/mol. The smallest absolute Gasteiger partial charge is 0.335 e. The second-order valence-electron chi connectivity index (χ2n) is 4.87. The fourth-order valence-corrected chi connectivity index (χ4v) is 2.51. The van der Waals surface area contributed by atoms with Gasteiger partial charge in [0.15, 0.2) is 6.10 Å². The predicted molar refractivity (Wildman–Crippen MR) is 72.8 cm³/mol. The van der Waals surface area contributed by atoms with Gasteiger partial charge < -0.3 is 29.9 Å². The van der Waals surface area contributed by atoms with Gasteiger partial charge >= 0.3 is 5.97 Å². The Morgan fingerprint density at radius 1 is 1.09 bits per heavy atom. The lowest BCUT2D eigenvalue weighted by Crippen LogP contribution is -2.61. The molecule has 0 saturated carbocycles. The molecule has 0 bridgehead atoms. The summed E-state index contributed by atoms with van der Waals surface area (Å²) in [5.41, 5.74) is 0. The van der Waals surface area contributed by atoms with Crippen LogP contribution >= 0.6 is 0 Å². The maximum absolute atomic E-state index is 11.1. The molecule has 0 amide bonds. The lowest BCUT2D eigenvalue weighted by molar-refractivity contribution is -0.271. The molecule has 1 fully saturated rings. The fraction of sp³-hybridized carbons (Fsp3) is 0.417. The van der Waals surface area contributed by atoms with Crippen LogP contribution < -0.4 is 9.88 Å². The van der Waals surface area contributed by atoms with Crippen molar-refractivity contribution in [2.45, 2.75) is 35.6 Å². The summed E-state index contributed by atoms with van der Waals surface area (Å²) in [7, 11) is -3.89. The number of carboxylic acids is 1. The summed E-state index contributed by atoms with van der Waals surface area (Å²) in [5.74, 6) is -1.50. The van der Waals surface area contributed by atoms with Gasteiger partial charge in [-0.05, 0) is 24.3 Å². The first-order valence-electron chi connectivity index (χ1n) is 6.33. The number of nitrogens with two attached hydrogens (primary N) is 1. The standard InChI is InChI=1S/C12H15NO9S/c13-23(19,20)6-3-1-5(2-4-6)21-12-9(16)7(14)8(15)10(22-12)11(17)18/h1-4,7-10,12,14-16H,(H,17,18)(H2,13,19,20)/t7-,8-,9+,10-,12+/m0/s1. The third-order valence-corrected chi connectivity index (χ3v) is 4.15. The van der Waals surface area contributed by atoms with E-state index in [1.165, 1.54) is 12.1 Å². The molecule has 1 aromatic carbocycles. The quantitative estimate of drug-likeness (QED) is 0.396. The highest BCUT2D eigenvalue weighted by molar-refractivity contribution is 7.89. The average Bonchev–Trinajstić information content (AvgIpc) is 2.47. The molecule has 23 heavy (non-hydrogen) atoms. The molecule has 2 rings (SSSR count). The van der Waals surface area contributed by atoms with Crippen LogP contribution in [-0.2, 0) is 19.6 Å². The summed E-state index contributed by atoms with van der Waals surface area (Å²) < 4.78 is 32.4. The van der Waals surface area contributed by atoms with Gasteiger partial charge in [-0.2, -0.15) is 0 Å². The van der Waals surface area contributed by atoms with E-state index < -0.39 is 46.7 Å². The second-order valence-corrected chi connectivity index (χ2v) is 6.43. The molecule has 1 aromatic rings. The number of aliphatic carboxylic acids is 1. The molecule has 0 radical (unpaired) electrons. The zero-order chi connectivity index (χ0) is 17.4. The summed E-state index contributed by atoms with van der Waals surface area (Å²) in [6.07, 6.45) is -8.69. The predicted octanol–water partition coefficient (Wildman–Crippen LogP) is -2.39. The molecule has 11 heteroatoms. The highest BCUT2D eigenvalue weighted by Crippen LogP contribution is 2.25. The number of sulfonamides is 1. The first-order valence-corrected chi connectivity index (χ1v) is 7.88. The molecule has 1 heterocycles. The van der Waals surface area contributed by atoms with Crippen molar-refractivity contribution in [3.05, 3.63) is 24.3 Å². The van der Waals surface area contributed by atoms with Crippen molar-refractivity contribution in [2.75, 3.05) is 0 Å². The van der Waals surface area contributed by atoms with Gasteiger partial charge in [0.05, 0.1) is 4.90 Å². The SMILES string of the molecule is NS(=O)(=O)c1ccc(O[C@@H]2O[C@H](C(=O)O)[C@@H](O)[C@H](O)[C@H]2O)cc1. The first kappa shape index (κ1) is 17.6. The van der Waals surface area contributed by atoms with Gasteiger partial charge in [-0.25, -0.2) is 18.4 Å². The largest absolute Gasteiger partial charge is 0.479 e. The molecule has 1 aliphatic rings. The first-order chi connectivity index (χ1) is 10.6. The Hall–Kier alpha value is -1.76. The summed E-state index contributed by atoms with van der Waals surface area (Å²) in [4.78, 5) is 10.8. The van der Waals surface area contributed by atoms with E-state index >= 15 is 0 Å². The van der Waals surface area contributed by atoms with E-state index in [0.29, 0.717) is 0 Å². The van der Waals surface area contributed by atoms with Gasteiger partial charge in [0.2, 0.25) is 16.3 Å². The number of hydrogen-bond acceptors (Lipinski definition) is 8. The van der Waals surface area contributed by atoms with Crippen molar-refractivity contribution in [3.8, 4) is 5.75 Å². The average molecular weight is 349 g/mol. The molecule has 0 aliphatic carbocycles. The number of primary sulfonamides is 1. The van der Waals surface area contributed by atoms with E-state index in [4.69, 9.17) is 19.7 Å². The minimum Gasteiger partial charge on any atom is -0.479 e. The number of rotatable bonds is 4. The number of aliphatic hydroxyl groups is 3. The molecule has 0 spiro atoms. The van der Waals surface area contributed by atoms with E-state index in [-0.39, 0.29) is 10.6 Å². The van der Waals surface area contributed by atoms with Gasteiger partial charge in [-0.1, -0.05) is 0 Å². The number of aliphatic hydroxyl groups excluding tert-OH is 3. The molecule has 128 valence electrons. The fourth-order valence-electron chi connectivity index (χ4n) is 1.99. The van der Waals surface area contributed by atoms with Gasteiger partial charge in [-0.3, -0.25) is 0 Å². The van der Waals surface area contributed by atoms with Crippen LogP contribution in [0.25, 0.3) is 0 Å². The van der Waals surface area contributed by atoms with Crippen molar-refractivity contribution >= 4 is 16.0 Å². The van der Waals surface area contributed by atoms with Crippen LogP contribution in [0, 0.1) is 0 Å². The Kier molecular flexibility index (Phi) is 4.89. The lowest BCUT2D eigenvalue weighted by Gasteiger charge is -2.38. The zero-order valence-electron chi connectivity index (χ0n) is 11.5. The van der Waals surface area contributed by atoms with E-state index in [9.17, 15) is 28.5 Å². The zero-order valence-corrected chi connectivity index (χ0v) is 12.3. The number of benzene rings is 1. The van der Waals surface area contributed by atoms with Gasteiger partial charge in [0, 0.05) is 0 Å². The Balaban J connectivity index is 2.16. The van der Waals surface area contributed by atoms with E-state index in [0.717, 1.165) is 12.1 Å². The third-order valence-electron chi connectivity index (χ3n) is 3.22. The topological polar surface area (TPSA) is 177 Å². The number of carbonyl (C=O) groups is 1. The second kappa shape index (κ2) is 6.39. The van der Waals surface area contributed by atoms with Gasteiger partial charge in [-0.15, -0.1) is 0 Å². The van der Waals surface area contributed by atoms with Crippen LogP contribution in [0.5, 0.6) is 5.75 Å². The van der Waals surface area contributed by atoms with Crippen molar-refractivity contribution in [2.24, 2.45) is 5.14 Å². The molecular weight excluding hydrogens is 334 g/mol. The van der Waals surface area contributed by atoms with E-state index in [1.54, 1.807) is 0 Å². The molecule has 10 nitrogen and oxygen atoms in total. The Labute approximate surface area is 130 Å². The minimum absolute atomic E-state index is 0.0363. The van der Waals surface area contributed by atoms with E-state index in [1.807, 2.05) is 0 Å². The molecular formula is C12H15NO9S. The summed E-state index contributed by atoms with van der Waals surface area (Å²) >= 11 is 0. The number of hydrogen-bond donors (Lipinski definition) is 5. The maximum Gasteiger partial charge on any atom is 0.335 e. The molecule has 1 saturated heterocycles. The van der Waals surface area contributed by atoms with E-state index in [2.05, 4.69) is 0 Å².